The van der Waals surface area contributed by atoms with Crippen LogP contribution >= 0.6 is 0 Å². The summed E-state index contributed by atoms with van der Waals surface area (Å²) in [7, 11) is 0. The Morgan fingerprint density at radius 3 is 2.73 bits per heavy atom. The van der Waals surface area contributed by atoms with Gasteiger partial charge in [-0.05, 0) is 13.8 Å². The number of carbonyl (C=O) groups excluding carboxylic acids is 1. The highest BCUT2D eigenvalue weighted by Gasteiger charge is 2.13. The van der Waals surface area contributed by atoms with E-state index in [2.05, 4.69) is 10.4 Å². The molecule has 1 aromatic rings. The lowest BCUT2D eigenvalue weighted by Gasteiger charge is -2.04. The van der Waals surface area contributed by atoms with Gasteiger partial charge in [0.25, 0.3) is 0 Å². The van der Waals surface area contributed by atoms with E-state index in [-0.39, 0.29) is 18.0 Å². The number of amides is 1. The summed E-state index contributed by atoms with van der Waals surface area (Å²) in [5.74, 6) is -1.21. The quantitative estimate of drug-likeness (QED) is 0.735. The predicted octanol–water partition coefficient (Wildman–Crippen LogP) is 0.0258. The van der Waals surface area contributed by atoms with Crippen molar-refractivity contribution in [3.05, 3.63) is 17.5 Å². The van der Waals surface area contributed by atoms with Gasteiger partial charge in [-0.2, -0.15) is 5.10 Å². The Bertz CT molecular complexity index is 384. The molecule has 6 nitrogen and oxygen atoms in total. The summed E-state index contributed by atoms with van der Waals surface area (Å²) in [6.45, 7) is 4.03. The first-order chi connectivity index (χ1) is 7.06. The fourth-order valence-electron chi connectivity index (χ4n) is 1.20. The van der Waals surface area contributed by atoms with Crippen molar-refractivity contribution >= 4 is 11.9 Å². The molecule has 0 bridgehead atoms. The van der Waals surface area contributed by atoms with E-state index in [1.807, 2.05) is 6.92 Å². The molecule has 2 N–H and O–H groups in total. The first kappa shape index (κ1) is 11.2. The summed E-state index contributed by atoms with van der Waals surface area (Å²) in [4.78, 5) is 21.9. The number of nitrogens with one attached hydrogen (secondary N) is 1. The first-order valence-electron chi connectivity index (χ1n) is 4.58. The van der Waals surface area contributed by atoms with Crippen LogP contribution in [0.25, 0.3) is 0 Å². The Morgan fingerprint density at radius 2 is 2.27 bits per heavy atom. The van der Waals surface area contributed by atoms with Crippen molar-refractivity contribution in [1.82, 2.24) is 15.1 Å². The standard InChI is InChI=1S/C9H13N3O3/c1-3-10-8(13)5-12-6(2)7(4-11-12)9(14)15/h4H,3,5H2,1-2H3,(H,10,13)(H,14,15). The van der Waals surface area contributed by atoms with Gasteiger partial charge >= 0.3 is 5.97 Å². The average molecular weight is 211 g/mol. The molecule has 1 aromatic heterocycles. The lowest BCUT2D eigenvalue weighted by atomic mass is 10.3. The molecular formula is C9H13N3O3. The molecule has 0 aliphatic rings. The number of hydrogen-bond acceptors (Lipinski definition) is 3. The van der Waals surface area contributed by atoms with Crippen LogP contribution in [-0.4, -0.2) is 33.3 Å². The summed E-state index contributed by atoms with van der Waals surface area (Å²) in [6.07, 6.45) is 1.25. The van der Waals surface area contributed by atoms with E-state index in [4.69, 9.17) is 5.11 Å². The highest BCUT2D eigenvalue weighted by Crippen LogP contribution is 2.06. The Kier molecular flexibility index (Phi) is 3.43. The van der Waals surface area contributed by atoms with E-state index in [0.717, 1.165) is 0 Å². The lowest BCUT2D eigenvalue weighted by molar-refractivity contribution is -0.121. The molecule has 1 amide bonds. The fourth-order valence-corrected chi connectivity index (χ4v) is 1.20. The van der Waals surface area contributed by atoms with Crippen LogP contribution in [0.4, 0.5) is 0 Å². The molecule has 82 valence electrons. The zero-order valence-corrected chi connectivity index (χ0v) is 8.65. The van der Waals surface area contributed by atoms with E-state index >= 15 is 0 Å². The van der Waals surface area contributed by atoms with Crippen LogP contribution < -0.4 is 5.32 Å². The number of aromatic carboxylic acids is 1. The van der Waals surface area contributed by atoms with Gasteiger partial charge in [0.2, 0.25) is 5.91 Å². The zero-order valence-electron chi connectivity index (χ0n) is 8.65. The van der Waals surface area contributed by atoms with Gasteiger partial charge in [-0.1, -0.05) is 0 Å². The maximum atomic E-state index is 11.2. The summed E-state index contributed by atoms with van der Waals surface area (Å²) in [5.41, 5.74) is 0.605. The van der Waals surface area contributed by atoms with Crippen LogP contribution in [0.2, 0.25) is 0 Å². The second-order valence-corrected chi connectivity index (χ2v) is 3.06. The molecular weight excluding hydrogens is 198 g/mol. The molecule has 0 unspecified atom stereocenters. The van der Waals surface area contributed by atoms with E-state index in [1.54, 1.807) is 6.92 Å². The van der Waals surface area contributed by atoms with Gasteiger partial charge in [0.05, 0.1) is 11.9 Å². The lowest BCUT2D eigenvalue weighted by Crippen LogP contribution is -2.28. The highest BCUT2D eigenvalue weighted by molar-refractivity contribution is 5.88. The first-order valence-corrected chi connectivity index (χ1v) is 4.58. The number of rotatable bonds is 4. The number of carboxylic acid groups (broad SMARTS) is 1. The average Bonchev–Trinajstić information content (AvgIpc) is 2.48. The van der Waals surface area contributed by atoms with Crippen molar-refractivity contribution in [3.8, 4) is 0 Å². The van der Waals surface area contributed by atoms with Crippen LogP contribution in [0.15, 0.2) is 6.20 Å². The Hall–Kier alpha value is -1.85. The minimum atomic E-state index is -1.03. The number of likely N-dealkylation sites (N-methyl/N-ethyl adjacent to an activating group) is 1. The minimum Gasteiger partial charge on any atom is -0.478 e. The maximum Gasteiger partial charge on any atom is 0.339 e. The Morgan fingerprint density at radius 1 is 1.60 bits per heavy atom. The maximum absolute atomic E-state index is 11.2. The monoisotopic (exact) mass is 211 g/mol. The van der Waals surface area contributed by atoms with Gasteiger partial charge < -0.3 is 10.4 Å². The molecule has 0 spiro atoms. The normalized spacial score (nSPS) is 10.0. The van der Waals surface area contributed by atoms with Crippen molar-refractivity contribution in [3.63, 3.8) is 0 Å². The topological polar surface area (TPSA) is 84.2 Å². The smallest absolute Gasteiger partial charge is 0.339 e. The van der Waals surface area contributed by atoms with Crippen LogP contribution in [0.5, 0.6) is 0 Å². The van der Waals surface area contributed by atoms with Crippen LogP contribution in [0, 0.1) is 6.92 Å². The number of hydrogen-bond donors (Lipinski definition) is 2. The van der Waals surface area contributed by atoms with E-state index in [1.165, 1.54) is 10.9 Å². The molecule has 0 saturated heterocycles. The number of nitrogens with zero attached hydrogens (tertiary/aromatic N) is 2. The zero-order chi connectivity index (χ0) is 11.4. The van der Waals surface area contributed by atoms with Gasteiger partial charge in [0, 0.05) is 6.54 Å². The SMILES string of the molecule is CCNC(=O)Cn1ncc(C(=O)O)c1C. The van der Waals surface area contributed by atoms with E-state index in [9.17, 15) is 9.59 Å². The molecule has 1 rings (SSSR count). The van der Waals surface area contributed by atoms with Gasteiger partial charge in [-0.25, -0.2) is 4.79 Å². The van der Waals surface area contributed by atoms with Gasteiger partial charge in [-0.3, -0.25) is 9.48 Å². The summed E-state index contributed by atoms with van der Waals surface area (Å²) in [6, 6.07) is 0. The number of carboxylic acids is 1. The van der Waals surface area contributed by atoms with Crippen LogP contribution in [0.3, 0.4) is 0 Å². The van der Waals surface area contributed by atoms with E-state index < -0.39 is 5.97 Å². The Balaban J connectivity index is 2.79. The van der Waals surface area contributed by atoms with Crippen LogP contribution in [-0.2, 0) is 11.3 Å². The van der Waals surface area contributed by atoms with Crippen LogP contribution in [0.1, 0.15) is 23.0 Å². The second kappa shape index (κ2) is 4.59. The molecule has 0 aliphatic carbocycles. The van der Waals surface area contributed by atoms with Crippen molar-refractivity contribution in [1.29, 1.82) is 0 Å². The predicted molar refractivity (Wildman–Crippen MR) is 52.6 cm³/mol. The second-order valence-electron chi connectivity index (χ2n) is 3.06. The molecule has 0 aromatic carbocycles. The van der Waals surface area contributed by atoms with Gasteiger partial charge in [0.1, 0.15) is 12.1 Å². The molecule has 0 atom stereocenters. The molecule has 0 fully saturated rings. The summed E-state index contributed by atoms with van der Waals surface area (Å²) >= 11 is 0. The fraction of sp³-hybridized carbons (Fsp3) is 0.444. The Labute approximate surface area is 86.9 Å². The van der Waals surface area contributed by atoms with Gasteiger partial charge in [-0.15, -0.1) is 0 Å². The molecule has 0 saturated carbocycles. The third-order valence-corrected chi connectivity index (χ3v) is 2.00. The molecule has 1 heterocycles. The molecule has 0 aliphatic heterocycles. The van der Waals surface area contributed by atoms with Gasteiger partial charge in [0.15, 0.2) is 0 Å². The molecule has 0 radical (unpaired) electrons. The third kappa shape index (κ3) is 2.55. The van der Waals surface area contributed by atoms with Crippen molar-refractivity contribution in [2.24, 2.45) is 0 Å². The van der Waals surface area contributed by atoms with Crippen molar-refractivity contribution in [2.75, 3.05) is 6.54 Å². The third-order valence-electron chi connectivity index (χ3n) is 2.00. The number of carbonyl (C=O) groups is 2. The summed E-state index contributed by atoms with van der Waals surface area (Å²) in [5, 5.41) is 15.2. The summed E-state index contributed by atoms with van der Waals surface area (Å²) < 4.78 is 1.37. The number of aromatic nitrogens is 2. The van der Waals surface area contributed by atoms with E-state index in [0.29, 0.717) is 12.2 Å². The molecule has 15 heavy (non-hydrogen) atoms. The minimum absolute atomic E-state index is 0.0486. The largest absolute Gasteiger partial charge is 0.478 e. The van der Waals surface area contributed by atoms with Crippen molar-refractivity contribution < 1.29 is 14.7 Å². The van der Waals surface area contributed by atoms with Crippen molar-refractivity contribution in [2.45, 2.75) is 20.4 Å². The molecule has 6 heteroatoms. The highest BCUT2D eigenvalue weighted by atomic mass is 16.4.